The Balaban J connectivity index is 1.55. The Morgan fingerprint density at radius 2 is 2.03 bits per heavy atom. The second kappa shape index (κ2) is 7.39. The molecule has 4 rings (SSSR count). The van der Waals surface area contributed by atoms with Gasteiger partial charge in [-0.15, -0.1) is 5.10 Å². The standard InChI is InChI=1S/C19H23N7O4/c1-11(25-17(28)19(21-18(25)29)8-4-5-9-19)16(27)20-13-6-7-15(30-3)14(10-13)26-12(2)22-23-24-26/h6-7,10-11H,4-5,8-9H2,1-3H3,(H,20,27)(H,21,29). The number of anilines is 1. The maximum atomic E-state index is 12.9. The molecule has 0 radical (unpaired) electrons. The zero-order valence-corrected chi connectivity index (χ0v) is 17.0. The first-order valence-corrected chi connectivity index (χ1v) is 9.76. The molecule has 1 aliphatic heterocycles. The number of benzene rings is 1. The maximum Gasteiger partial charge on any atom is 0.325 e. The minimum atomic E-state index is -0.960. The average molecular weight is 413 g/mol. The van der Waals surface area contributed by atoms with Gasteiger partial charge in [-0.05, 0) is 55.3 Å². The molecule has 2 heterocycles. The molecule has 158 valence electrons. The zero-order valence-electron chi connectivity index (χ0n) is 17.0. The Hall–Kier alpha value is -3.50. The van der Waals surface area contributed by atoms with Gasteiger partial charge in [0.25, 0.3) is 5.91 Å². The van der Waals surface area contributed by atoms with Crippen LogP contribution in [0.1, 0.15) is 38.4 Å². The van der Waals surface area contributed by atoms with Crippen molar-refractivity contribution in [1.29, 1.82) is 0 Å². The van der Waals surface area contributed by atoms with E-state index in [9.17, 15) is 14.4 Å². The van der Waals surface area contributed by atoms with Crippen LogP contribution in [0.2, 0.25) is 0 Å². The van der Waals surface area contributed by atoms with Crippen LogP contribution in [-0.2, 0) is 9.59 Å². The third-order valence-corrected chi connectivity index (χ3v) is 5.72. The van der Waals surface area contributed by atoms with E-state index in [4.69, 9.17) is 4.74 Å². The van der Waals surface area contributed by atoms with E-state index in [1.54, 1.807) is 25.1 Å². The van der Waals surface area contributed by atoms with Gasteiger partial charge in [-0.25, -0.2) is 9.69 Å². The van der Waals surface area contributed by atoms with Crippen molar-refractivity contribution in [2.45, 2.75) is 51.1 Å². The topological polar surface area (TPSA) is 131 Å². The van der Waals surface area contributed by atoms with E-state index in [0.29, 0.717) is 35.8 Å². The summed E-state index contributed by atoms with van der Waals surface area (Å²) >= 11 is 0. The fourth-order valence-electron chi connectivity index (χ4n) is 4.06. The number of amides is 4. The van der Waals surface area contributed by atoms with Crippen LogP contribution in [0.15, 0.2) is 18.2 Å². The average Bonchev–Trinajstić information content (AvgIpc) is 3.42. The van der Waals surface area contributed by atoms with E-state index in [-0.39, 0.29) is 5.91 Å². The highest BCUT2D eigenvalue weighted by Crippen LogP contribution is 2.36. The number of methoxy groups -OCH3 is 1. The molecule has 1 aliphatic carbocycles. The summed E-state index contributed by atoms with van der Waals surface area (Å²) in [6, 6.07) is 3.52. The molecule has 1 unspecified atom stereocenters. The summed E-state index contributed by atoms with van der Waals surface area (Å²) in [6.07, 6.45) is 2.97. The number of carbonyl (C=O) groups is 3. The Bertz CT molecular complexity index is 1010. The summed E-state index contributed by atoms with van der Waals surface area (Å²) in [5, 5.41) is 17.0. The van der Waals surface area contributed by atoms with Gasteiger partial charge in [-0.1, -0.05) is 12.8 Å². The van der Waals surface area contributed by atoms with Crippen LogP contribution in [0.4, 0.5) is 10.5 Å². The zero-order chi connectivity index (χ0) is 21.5. The summed E-state index contributed by atoms with van der Waals surface area (Å²) in [4.78, 5) is 39.2. The monoisotopic (exact) mass is 413 g/mol. The Morgan fingerprint density at radius 1 is 1.30 bits per heavy atom. The molecule has 1 saturated carbocycles. The quantitative estimate of drug-likeness (QED) is 0.703. The molecule has 1 aromatic heterocycles. The fraction of sp³-hybridized carbons (Fsp3) is 0.474. The van der Waals surface area contributed by atoms with Crippen molar-refractivity contribution in [3.8, 4) is 11.4 Å². The molecule has 2 N–H and O–H groups in total. The van der Waals surface area contributed by atoms with E-state index >= 15 is 0 Å². The lowest BCUT2D eigenvalue weighted by atomic mass is 9.97. The second-order valence-corrected chi connectivity index (χ2v) is 7.58. The van der Waals surface area contributed by atoms with Gasteiger partial charge in [-0.3, -0.25) is 9.59 Å². The molecule has 2 fully saturated rings. The Labute approximate surface area is 172 Å². The summed E-state index contributed by atoms with van der Waals surface area (Å²) in [7, 11) is 1.52. The lowest BCUT2D eigenvalue weighted by Crippen LogP contribution is -2.48. The first-order valence-electron chi connectivity index (χ1n) is 9.76. The van der Waals surface area contributed by atoms with Crippen LogP contribution < -0.4 is 15.4 Å². The minimum Gasteiger partial charge on any atom is -0.494 e. The number of ether oxygens (including phenoxy) is 1. The van der Waals surface area contributed by atoms with Crippen molar-refractivity contribution in [3.05, 3.63) is 24.0 Å². The highest BCUT2D eigenvalue weighted by Gasteiger charge is 2.54. The van der Waals surface area contributed by atoms with Crippen molar-refractivity contribution in [2.75, 3.05) is 12.4 Å². The lowest BCUT2D eigenvalue weighted by molar-refractivity contribution is -0.136. The summed E-state index contributed by atoms with van der Waals surface area (Å²) < 4.78 is 6.84. The van der Waals surface area contributed by atoms with Crippen LogP contribution in [0.3, 0.4) is 0 Å². The van der Waals surface area contributed by atoms with Gasteiger partial charge in [0, 0.05) is 5.69 Å². The van der Waals surface area contributed by atoms with Gasteiger partial charge < -0.3 is 15.4 Å². The molecule has 1 spiro atoms. The molecule has 30 heavy (non-hydrogen) atoms. The fourth-order valence-corrected chi connectivity index (χ4v) is 4.06. The third-order valence-electron chi connectivity index (χ3n) is 5.72. The molecule has 1 atom stereocenters. The van der Waals surface area contributed by atoms with Crippen LogP contribution in [0.5, 0.6) is 5.75 Å². The molecule has 2 aromatic rings. The van der Waals surface area contributed by atoms with Gasteiger partial charge in [0.2, 0.25) is 5.91 Å². The van der Waals surface area contributed by atoms with E-state index < -0.39 is 23.5 Å². The molecule has 4 amide bonds. The van der Waals surface area contributed by atoms with E-state index in [0.717, 1.165) is 17.7 Å². The first kappa shape index (κ1) is 19.8. The number of urea groups is 1. The van der Waals surface area contributed by atoms with Crippen LogP contribution in [0, 0.1) is 6.92 Å². The largest absolute Gasteiger partial charge is 0.494 e. The molecule has 1 aromatic carbocycles. The van der Waals surface area contributed by atoms with Gasteiger partial charge >= 0.3 is 6.03 Å². The number of hydrogen-bond acceptors (Lipinski definition) is 7. The predicted molar refractivity (Wildman–Crippen MR) is 105 cm³/mol. The van der Waals surface area contributed by atoms with Crippen molar-refractivity contribution >= 4 is 23.5 Å². The number of tetrazole rings is 1. The predicted octanol–water partition coefficient (Wildman–Crippen LogP) is 1.17. The normalized spacial score (nSPS) is 18.6. The first-order chi connectivity index (χ1) is 14.4. The summed E-state index contributed by atoms with van der Waals surface area (Å²) in [5.41, 5.74) is 0.154. The van der Waals surface area contributed by atoms with Gasteiger partial charge in [0.1, 0.15) is 23.0 Å². The molecule has 11 nitrogen and oxygen atoms in total. The van der Waals surface area contributed by atoms with Crippen molar-refractivity contribution in [2.24, 2.45) is 0 Å². The number of carbonyl (C=O) groups excluding carboxylic acids is 3. The lowest BCUT2D eigenvalue weighted by Gasteiger charge is -2.23. The van der Waals surface area contributed by atoms with Crippen LogP contribution in [0.25, 0.3) is 5.69 Å². The summed E-state index contributed by atoms with van der Waals surface area (Å²) in [5.74, 6) is 0.269. The van der Waals surface area contributed by atoms with Gasteiger partial charge in [-0.2, -0.15) is 4.68 Å². The molecular weight excluding hydrogens is 390 g/mol. The number of aromatic nitrogens is 4. The Morgan fingerprint density at radius 3 is 2.67 bits per heavy atom. The van der Waals surface area contributed by atoms with Crippen molar-refractivity contribution in [1.82, 2.24) is 30.4 Å². The molecule has 2 aliphatic rings. The summed E-state index contributed by atoms with van der Waals surface area (Å²) in [6.45, 7) is 3.28. The second-order valence-electron chi connectivity index (χ2n) is 7.58. The highest BCUT2D eigenvalue weighted by atomic mass is 16.5. The van der Waals surface area contributed by atoms with Crippen LogP contribution >= 0.6 is 0 Å². The Kier molecular flexibility index (Phi) is 4.88. The number of aryl methyl sites for hydroxylation is 1. The van der Waals surface area contributed by atoms with Crippen molar-refractivity contribution in [3.63, 3.8) is 0 Å². The van der Waals surface area contributed by atoms with Crippen LogP contribution in [-0.4, -0.2) is 61.6 Å². The number of rotatable bonds is 5. The maximum absolute atomic E-state index is 12.9. The van der Waals surface area contributed by atoms with Gasteiger partial charge in [0.15, 0.2) is 5.82 Å². The van der Waals surface area contributed by atoms with E-state index in [2.05, 4.69) is 26.2 Å². The molecule has 11 heteroatoms. The molecule has 1 saturated heterocycles. The van der Waals surface area contributed by atoms with E-state index in [1.165, 1.54) is 18.7 Å². The smallest absolute Gasteiger partial charge is 0.325 e. The number of hydrogen-bond donors (Lipinski definition) is 2. The molecule has 0 bridgehead atoms. The number of nitrogens with one attached hydrogen (secondary N) is 2. The molecular formula is C19H23N7O4. The van der Waals surface area contributed by atoms with E-state index in [1.807, 2.05) is 0 Å². The van der Waals surface area contributed by atoms with Crippen molar-refractivity contribution < 1.29 is 19.1 Å². The SMILES string of the molecule is COc1ccc(NC(=O)C(C)N2C(=O)NC3(CCCC3)C2=O)cc1-n1nnnc1C. The van der Waals surface area contributed by atoms with Gasteiger partial charge in [0.05, 0.1) is 7.11 Å². The third kappa shape index (κ3) is 3.15. The number of imide groups is 1. The number of nitrogens with zero attached hydrogens (tertiary/aromatic N) is 5. The minimum absolute atomic E-state index is 0.326. The highest BCUT2D eigenvalue weighted by molar-refractivity contribution is 6.11.